The van der Waals surface area contributed by atoms with Crippen molar-refractivity contribution in [3.63, 3.8) is 0 Å². The molecule has 1 saturated heterocycles. The summed E-state index contributed by atoms with van der Waals surface area (Å²) in [4.78, 5) is 11.7. The molecule has 98 valence electrons. The second kappa shape index (κ2) is 4.50. The third-order valence-corrected chi connectivity index (χ3v) is 3.83. The van der Waals surface area contributed by atoms with Crippen molar-refractivity contribution in [2.75, 3.05) is 18.0 Å². The molecule has 1 fully saturated rings. The van der Waals surface area contributed by atoms with Gasteiger partial charge in [-0.3, -0.25) is 0 Å². The summed E-state index contributed by atoms with van der Waals surface area (Å²) in [6, 6.07) is 0. The van der Waals surface area contributed by atoms with Gasteiger partial charge in [0.2, 0.25) is 5.95 Å². The Morgan fingerprint density at radius 3 is 2.56 bits per heavy atom. The van der Waals surface area contributed by atoms with Gasteiger partial charge in [0.15, 0.2) is 0 Å². The first-order chi connectivity index (χ1) is 8.63. The standard InChI is InChI=1S/C14H21N3O/c1-9-7-17(8-10(2)18-9)14-15-11(3)12-5-4-6-13(12)16-14/h9-10H,4-8H2,1-3H3. The molecule has 0 spiro atoms. The Bertz CT molecular complexity index is 451. The zero-order valence-electron chi connectivity index (χ0n) is 11.4. The average Bonchev–Trinajstić information content (AvgIpc) is 2.76. The van der Waals surface area contributed by atoms with Gasteiger partial charge in [0.25, 0.3) is 0 Å². The highest BCUT2D eigenvalue weighted by Crippen LogP contribution is 2.25. The van der Waals surface area contributed by atoms with Gasteiger partial charge in [-0.05, 0) is 45.6 Å². The predicted molar refractivity (Wildman–Crippen MR) is 71.0 cm³/mol. The fourth-order valence-corrected chi connectivity index (χ4v) is 3.09. The number of fused-ring (bicyclic) bond motifs is 1. The van der Waals surface area contributed by atoms with E-state index in [-0.39, 0.29) is 12.2 Å². The summed E-state index contributed by atoms with van der Waals surface area (Å²) < 4.78 is 5.76. The van der Waals surface area contributed by atoms with E-state index in [2.05, 4.69) is 25.7 Å². The summed E-state index contributed by atoms with van der Waals surface area (Å²) in [5, 5.41) is 0. The number of morpholine rings is 1. The maximum atomic E-state index is 5.76. The van der Waals surface area contributed by atoms with Crippen LogP contribution in [0.1, 0.15) is 37.2 Å². The van der Waals surface area contributed by atoms with Crippen LogP contribution in [0.25, 0.3) is 0 Å². The molecule has 2 unspecified atom stereocenters. The van der Waals surface area contributed by atoms with E-state index in [9.17, 15) is 0 Å². The molecule has 4 nitrogen and oxygen atoms in total. The van der Waals surface area contributed by atoms with Gasteiger partial charge in [0, 0.05) is 24.5 Å². The van der Waals surface area contributed by atoms with E-state index in [1.807, 2.05) is 0 Å². The first kappa shape index (κ1) is 11.9. The minimum absolute atomic E-state index is 0.255. The molecule has 1 aliphatic heterocycles. The molecule has 0 radical (unpaired) electrons. The summed E-state index contributed by atoms with van der Waals surface area (Å²) in [5.41, 5.74) is 3.82. The molecule has 2 heterocycles. The van der Waals surface area contributed by atoms with Crippen molar-refractivity contribution in [1.82, 2.24) is 9.97 Å². The van der Waals surface area contributed by atoms with E-state index in [4.69, 9.17) is 14.7 Å². The van der Waals surface area contributed by atoms with Crippen LogP contribution in [-0.2, 0) is 17.6 Å². The minimum atomic E-state index is 0.255. The lowest BCUT2D eigenvalue weighted by Gasteiger charge is -2.35. The van der Waals surface area contributed by atoms with Crippen LogP contribution in [0, 0.1) is 6.92 Å². The smallest absolute Gasteiger partial charge is 0.225 e. The monoisotopic (exact) mass is 247 g/mol. The van der Waals surface area contributed by atoms with Gasteiger partial charge in [-0.25, -0.2) is 9.97 Å². The van der Waals surface area contributed by atoms with E-state index in [0.717, 1.165) is 31.9 Å². The topological polar surface area (TPSA) is 38.2 Å². The second-order valence-corrected chi connectivity index (χ2v) is 5.55. The van der Waals surface area contributed by atoms with Crippen molar-refractivity contribution in [2.45, 2.75) is 52.2 Å². The molecule has 1 aliphatic carbocycles. The predicted octanol–water partition coefficient (Wildman–Crippen LogP) is 1.89. The maximum Gasteiger partial charge on any atom is 0.225 e. The lowest BCUT2D eigenvalue weighted by atomic mass is 10.2. The molecular formula is C14H21N3O. The van der Waals surface area contributed by atoms with E-state index in [0.29, 0.717) is 0 Å². The summed E-state index contributed by atoms with van der Waals surface area (Å²) in [6.07, 6.45) is 4.00. The molecule has 0 bridgehead atoms. The largest absolute Gasteiger partial charge is 0.372 e. The number of hydrogen-bond donors (Lipinski definition) is 0. The number of ether oxygens (including phenoxy) is 1. The summed E-state index contributed by atoms with van der Waals surface area (Å²) in [6.45, 7) is 8.12. The number of rotatable bonds is 1. The van der Waals surface area contributed by atoms with E-state index in [1.54, 1.807) is 0 Å². The van der Waals surface area contributed by atoms with Crippen molar-refractivity contribution in [3.05, 3.63) is 17.0 Å². The van der Waals surface area contributed by atoms with Gasteiger partial charge in [0.1, 0.15) is 0 Å². The number of anilines is 1. The molecule has 3 rings (SSSR count). The molecule has 2 atom stereocenters. The number of hydrogen-bond acceptors (Lipinski definition) is 4. The van der Waals surface area contributed by atoms with E-state index >= 15 is 0 Å². The van der Waals surface area contributed by atoms with Gasteiger partial charge >= 0.3 is 0 Å². The van der Waals surface area contributed by atoms with E-state index in [1.165, 1.54) is 23.4 Å². The highest BCUT2D eigenvalue weighted by molar-refractivity contribution is 5.39. The Kier molecular flexibility index (Phi) is 2.98. The van der Waals surface area contributed by atoms with Crippen LogP contribution < -0.4 is 4.90 Å². The SMILES string of the molecule is Cc1nc(N2CC(C)OC(C)C2)nc2c1CCC2. The third-order valence-electron chi connectivity index (χ3n) is 3.83. The summed E-state index contributed by atoms with van der Waals surface area (Å²) in [7, 11) is 0. The molecular weight excluding hydrogens is 226 g/mol. The van der Waals surface area contributed by atoms with Gasteiger partial charge < -0.3 is 9.64 Å². The first-order valence-electron chi connectivity index (χ1n) is 6.90. The maximum absolute atomic E-state index is 5.76. The molecule has 0 N–H and O–H groups in total. The van der Waals surface area contributed by atoms with Crippen LogP contribution in [0.2, 0.25) is 0 Å². The van der Waals surface area contributed by atoms with Gasteiger partial charge in [0.05, 0.1) is 12.2 Å². The number of nitrogens with zero attached hydrogens (tertiary/aromatic N) is 3. The average molecular weight is 247 g/mol. The van der Waals surface area contributed by atoms with Crippen LogP contribution in [0.15, 0.2) is 0 Å². The van der Waals surface area contributed by atoms with E-state index < -0.39 is 0 Å². The van der Waals surface area contributed by atoms with Crippen LogP contribution in [-0.4, -0.2) is 35.3 Å². The number of aryl methyl sites for hydroxylation is 2. The Hall–Kier alpha value is -1.16. The Labute approximate surface area is 108 Å². The fraction of sp³-hybridized carbons (Fsp3) is 0.714. The molecule has 0 saturated carbocycles. The lowest BCUT2D eigenvalue weighted by Crippen LogP contribution is -2.46. The highest BCUT2D eigenvalue weighted by atomic mass is 16.5. The van der Waals surface area contributed by atoms with Crippen LogP contribution in [0.4, 0.5) is 5.95 Å². The van der Waals surface area contributed by atoms with Crippen LogP contribution >= 0.6 is 0 Å². The highest BCUT2D eigenvalue weighted by Gasteiger charge is 2.26. The Balaban J connectivity index is 1.90. The van der Waals surface area contributed by atoms with Crippen molar-refractivity contribution in [1.29, 1.82) is 0 Å². The van der Waals surface area contributed by atoms with Crippen molar-refractivity contribution >= 4 is 5.95 Å². The zero-order chi connectivity index (χ0) is 12.7. The van der Waals surface area contributed by atoms with Gasteiger partial charge in [-0.15, -0.1) is 0 Å². The van der Waals surface area contributed by atoms with Crippen LogP contribution in [0.3, 0.4) is 0 Å². The summed E-state index contributed by atoms with van der Waals surface area (Å²) >= 11 is 0. The first-order valence-corrected chi connectivity index (χ1v) is 6.90. The molecule has 1 aromatic rings. The quantitative estimate of drug-likeness (QED) is 0.759. The van der Waals surface area contributed by atoms with Crippen molar-refractivity contribution in [3.8, 4) is 0 Å². The fourth-order valence-electron chi connectivity index (χ4n) is 3.09. The third kappa shape index (κ3) is 2.09. The minimum Gasteiger partial charge on any atom is -0.372 e. The second-order valence-electron chi connectivity index (χ2n) is 5.55. The van der Waals surface area contributed by atoms with Gasteiger partial charge in [-0.2, -0.15) is 0 Å². The van der Waals surface area contributed by atoms with Gasteiger partial charge in [-0.1, -0.05) is 0 Å². The van der Waals surface area contributed by atoms with Crippen molar-refractivity contribution in [2.24, 2.45) is 0 Å². The molecule has 0 aromatic carbocycles. The molecule has 18 heavy (non-hydrogen) atoms. The van der Waals surface area contributed by atoms with Crippen LogP contribution in [0.5, 0.6) is 0 Å². The lowest BCUT2D eigenvalue weighted by molar-refractivity contribution is -0.00574. The molecule has 4 heteroatoms. The zero-order valence-corrected chi connectivity index (χ0v) is 11.4. The number of aromatic nitrogens is 2. The Morgan fingerprint density at radius 1 is 1.11 bits per heavy atom. The normalized spacial score (nSPS) is 27.4. The molecule has 1 aromatic heterocycles. The summed E-state index contributed by atoms with van der Waals surface area (Å²) in [5.74, 6) is 0.898. The Morgan fingerprint density at radius 2 is 1.83 bits per heavy atom. The molecule has 0 amide bonds. The van der Waals surface area contributed by atoms with Crippen molar-refractivity contribution < 1.29 is 4.74 Å². The molecule has 2 aliphatic rings.